The molecular formula is C72H126N4O34. The molecule has 0 bridgehead atoms. The standard InChI is InChI=1S/C72H126N4O34/c1-6-8-10-12-14-16-17-18-19-21-22-24-26-28-42(85)41(76-50(89)29-27-25-23-20-15-13-11-9-7-2)37-101-67-59(95)58(94)61(48(35-80)103-67)105-68-60(96)65(62(49(36-81)104-68)106-66-53(75-40(5)84)57(93)55(91)46(33-78)102-66)110-72(70(99)100)31-44(87)52(74-39(4)83)64(109-72)56(92)47(34-79)107-71(69(97)98)30-43(86)51(73-38(3)82)63(108-71)54(90)45(88)32-77/h26,28,41-49,51-68,77-81,85-88,90-96H,6-25,27,29-37H2,1-5H3,(H,73,82)(H,74,83)(H,75,84)(H,76,89)(H,97,98)(H,99,100). The summed E-state index contributed by atoms with van der Waals surface area (Å²) in [5.41, 5.74) is 0. The van der Waals surface area contributed by atoms with Crippen LogP contribution in [-0.4, -0.2) is 344 Å². The van der Waals surface area contributed by atoms with Crippen LogP contribution >= 0.6 is 0 Å². The van der Waals surface area contributed by atoms with Crippen molar-refractivity contribution in [1.82, 2.24) is 21.3 Å². The van der Waals surface area contributed by atoms with Crippen molar-refractivity contribution in [2.75, 3.05) is 39.6 Å². The number of ether oxygens (including phenoxy) is 10. The second kappa shape index (κ2) is 48.1. The van der Waals surface area contributed by atoms with Crippen molar-refractivity contribution in [3.63, 3.8) is 0 Å². The summed E-state index contributed by atoms with van der Waals surface area (Å²) in [7, 11) is 0. The molecule has 5 fully saturated rings. The van der Waals surface area contributed by atoms with Gasteiger partial charge in [-0.1, -0.05) is 142 Å². The maximum Gasteiger partial charge on any atom is 0.364 e. The maximum absolute atomic E-state index is 14.1. The van der Waals surface area contributed by atoms with Crippen LogP contribution < -0.4 is 21.3 Å². The minimum Gasteiger partial charge on any atom is -0.477 e. The molecule has 5 aliphatic rings. The van der Waals surface area contributed by atoms with Gasteiger partial charge in [0, 0.05) is 40.0 Å². The monoisotopic (exact) mass is 1590 g/mol. The van der Waals surface area contributed by atoms with Crippen LogP contribution in [0.15, 0.2) is 12.2 Å². The largest absolute Gasteiger partial charge is 0.477 e. The number of carbonyl (C=O) groups is 6. The molecule has 0 aromatic carbocycles. The van der Waals surface area contributed by atoms with Crippen molar-refractivity contribution in [3.05, 3.63) is 12.2 Å². The first-order valence-electron chi connectivity index (χ1n) is 38.7. The zero-order valence-corrected chi connectivity index (χ0v) is 63.5. The van der Waals surface area contributed by atoms with Crippen LogP contribution in [0.25, 0.3) is 0 Å². The number of hydrogen-bond acceptors (Lipinski definition) is 32. The Bertz CT molecular complexity index is 2750. The highest BCUT2D eigenvalue weighted by Crippen LogP contribution is 2.42. The number of nitrogens with one attached hydrogen (secondary N) is 4. The molecule has 638 valence electrons. The van der Waals surface area contributed by atoms with Crippen LogP contribution in [0.3, 0.4) is 0 Å². The zero-order chi connectivity index (χ0) is 81.6. The van der Waals surface area contributed by atoms with Gasteiger partial charge in [-0.05, 0) is 19.3 Å². The summed E-state index contributed by atoms with van der Waals surface area (Å²) in [4.78, 5) is 78.8. The molecule has 0 saturated carbocycles. The summed E-state index contributed by atoms with van der Waals surface area (Å²) in [6.45, 7) is 0.439. The molecule has 5 rings (SSSR count). The Balaban J connectivity index is 1.48. The van der Waals surface area contributed by atoms with E-state index in [1.165, 1.54) is 51.0 Å². The first kappa shape index (κ1) is 96.1. The van der Waals surface area contributed by atoms with Gasteiger partial charge in [0.05, 0.1) is 76.1 Å². The number of hydrogen-bond donors (Lipinski definition) is 22. The summed E-state index contributed by atoms with van der Waals surface area (Å²) < 4.78 is 59.7. The van der Waals surface area contributed by atoms with Gasteiger partial charge >= 0.3 is 11.9 Å². The second-order valence-corrected chi connectivity index (χ2v) is 29.3. The number of unbranched alkanes of at least 4 members (excludes halogenated alkanes) is 19. The quantitative estimate of drug-likeness (QED) is 0.0204. The van der Waals surface area contributed by atoms with Crippen molar-refractivity contribution in [2.45, 2.75) is 365 Å². The number of aliphatic hydroxyl groups excluding tert-OH is 16. The highest BCUT2D eigenvalue weighted by Gasteiger charge is 2.64. The van der Waals surface area contributed by atoms with Gasteiger partial charge in [-0.3, -0.25) is 19.2 Å². The average molecular weight is 1590 g/mol. The van der Waals surface area contributed by atoms with Gasteiger partial charge in [-0.2, -0.15) is 0 Å². The molecule has 0 spiro atoms. The first-order chi connectivity index (χ1) is 52.3. The predicted octanol–water partition coefficient (Wildman–Crippen LogP) is -4.03. The van der Waals surface area contributed by atoms with Crippen LogP contribution in [0, 0.1) is 0 Å². The Labute approximate surface area is 640 Å². The highest BCUT2D eigenvalue weighted by molar-refractivity contribution is 5.78. The molecule has 0 aromatic heterocycles. The average Bonchev–Trinajstić information content (AvgIpc) is 0.774. The van der Waals surface area contributed by atoms with E-state index in [1.54, 1.807) is 6.08 Å². The Morgan fingerprint density at radius 3 is 1.45 bits per heavy atom. The molecule has 29 atom stereocenters. The number of carboxylic acids is 2. The van der Waals surface area contributed by atoms with Crippen molar-refractivity contribution < 1.29 is 168 Å². The summed E-state index contributed by atoms with van der Waals surface area (Å²) in [6, 6.07) is -6.82. The minimum atomic E-state index is -3.59. The van der Waals surface area contributed by atoms with Gasteiger partial charge in [0.1, 0.15) is 110 Å². The van der Waals surface area contributed by atoms with Gasteiger partial charge in [0.25, 0.3) is 11.6 Å². The lowest BCUT2D eigenvalue weighted by molar-refractivity contribution is -0.402. The third-order valence-corrected chi connectivity index (χ3v) is 20.5. The fourth-order valence-corrected chi connectivity index (χ4v) is 14.4. The first-order valence-corrected chi connectivity index (χ1v) is 38.7. The molecule has 5 aliphatic heterocycles. The molecule has 110 heavy (non-hydrogen) atoms. The number of allylic oxidation sites excluding steroid dienone is 1. The lowest BCUT2D eigenvalue weighted by atomic mass is 9.87. The Morgan fingerprint density at radius 1 is 0.491 bits per heavy atom. The molecular weight excluding hydrogens is 1460 g/mol. The smallest absolute Gasteiger partial charge is 0.364 e. The van der Waals surface area contributed by atoms with Crippen molar-refractivity contribution in [3.8, 4) is 0 Å². The van der Waals surface area contributed by atoms with Crippen molar-refractivity contribution in [1.29, 1.82) is 0 Å². The summed E-state index contributed by atoms with van der Waals surface area (Å²) in [5, 5.41) is 212. The molecule has 5 saturated heterocycles. The van der Waals surface area contributed by atoms with Crippen LogP contribution in [0.4, 0.5) is 0 Å². The third-order valence-electron chi connectivity index (χ3n) is 20.5. The topological polar surface area (TPSA) is 607 Å². The molecule has 29 unspecified atom stereocenters. The van der Waals surface area contributed by atoms with Gasteiger partial charge < -0.3 is 161 Å². The molecule has 38 heteroatoms. The fourth-order valence-electron chi connectivity index (χ4n) is 14.4. The number of rotatable bonds is 50. The summed E-state index contributed by atoms with van der Waals surface area (Å²) >= 11 is 0. The zero-order valence-electron chi connectivity index (χ0n) is 63.5. The number of amides is 4. The van der Waals surface area contributed by atoms with Crippen molar-refractivity contribution in [2.24, 2.45) is 0 Å². The minimum absolute atomic E-state index is 0.110. The number of carbonyl (C=O) groups excluding carboxylic acids is 4. The normalized spacial score (nSPS) is 34.5. The number of carboxylic acid groups (broad SMARTS) is 2. The number of aliphatic carboxylic acids is 2. The summed E-state index contributed by atoms with van der Waals surface area (Å²) in [6.07, 6.45) is -27.3. The molecule has 0 radical (unpaired) electrons. The predicted molar refractivity (Wildman–Crippen MR) is 379 cm³/mol. The summed E-state index contributed by atoms with van der Waals surface area (Å²) in [5.74, 6) is -14.6. The van der Waals surface area contributed by atoms with E-state index in [4.69, 9.17) is 47.4 Å². The van der Waals surface area contributed by atoms with E-state index in [2.05, 4.69) is 35.1 Å². The Morgan fingerprint density at radius 2 is 0.945 bits per heavy atom. The van der Waals surface area contributed by atoms with Crippen LogP contribution in [-0.2, 0) is 76.1 Å². The Kier molecular flexibility index (Phi) is 42.1. The van der Waals surface area contributed by atoms with E-state index in [0.29, 0.717) is 12.8 Å². The maximum atomic E-state index is 14.1. The Hall–Kier alpha value is -4.48. The van der Waals surface area contributed by atoms with E-state index in [9.17, 15) is 121 Å². The van der Waals surface area contributed by atoms with Crippen LogP contribution in [0.1, 0.15) is 189 Å². The van der Waals surface area contributed by atoms with Gasteiger partial charge in [0.2, 0.25) is 23.6 Å². The number of aliphatic hydroxyl groups is 16. The van der Waals surface area contributed by atoms with Gasteiger partial charge in [-0.15, -0.1) is 0 Å². The fraction of sp³-hybridized carbons (Fsp3) is 0.889. The lowest BCUT2D eigenvalue weighted by Gasteiger charge is -2.52. The molecule has 38 nitrogen and oxygen atoms in total. The molecule has 5 heterocycles. The van der Waals surface area contributed by atoms with Crippen LogP contribution in [0.5, 0.6) is 0 Å². The van der Waals surface area contributed by atoms with Gasteiger partial charge in [0.15, 0.2) is 18.9 Å². The second-order valence-electron chi connectivity index (χ2n) is 29.3. The molecule has 4 amide bonds. The lowest BCUT2D eigenvalue weighted by Crippen LogP contribution is -2.72. The molecule has 0 aliphatic carbocycles. The van der Waals surface area contributed by atoms with E-state index >= 15 is 0 Å². The van der Waals surface area contributed by atoms with E-state index in [-0.39, 0.29) is 6.42 Å². The third kappa shape index (κ3) is 27.6. The van der Waals surface area contributed by atoms with Crippen molar-refractivity contribution >= 4 is 35.6 Å². The van der Waals surface area contributed by atoms with E-state index < -0.39 is 265 Å². The van der Waals surface area contributed by atoms with Gasteiger partial charge in [-0.25, -0.2) is 9.59 Å². The van der Waals surface area contributed by atoms with E-state index in [0.717, 1.165) is 97.8 Å². The highest BCUT2D eigenvalue weighted by atomic mass is 16.8. The van der Waals surface area contributed by atoms with E-state index in [1.807, 2.05) is 0 Å². The SMILES string of the molecule is CCCCCCCCCCCCCC=CC(O)C(COC1OC(CO)C(OC2OC(CO)C(OC3OC(CO)C(O)C(O)C3NC(C)=O)C(OC3(C(=O)O)CC(O)C(NC(C)=O)C(C(O)C(CO)OC4(C(=O)O)CC(O)C(NC(C)=O)C(C(O)C(O)CO)O4)O3)C2O)C(O)C1O)NC(=O)CCCCCCCCCCC. The molecule has 22 N–H and O–H groups in total. The van der Waals surface area contributed by atoms with Crippen LogP contribution in [0.2, 0.25) is 0 Å². The molecule has 0 aromatic rings.